The van der Waals surface area contributed by atoms with Crippen LogP contribution in [0.3, 0.4) is 0 Å². The molecule has 0 aliphatic heterocycles. The lowest BCUT2D eigenvalue weighted by Gasteiger charge is -2.11. The maximum atomic E-state index is 9.24. The molecule has 2 nitrogen and oxygen atoms in total. The van der Waals surface area contributed by atoms with E-state index in [2.05, 4.69) is 30.0 Å². The van der Waals surface area contributed by atoms with Gasteiger partial charge >= 0.3 is 0 Å². The summed E-state index contributed by atoms with van der Waals surface area (Å²) in [5, 5.41) is 9.24. The quantitative estimate of drug-likeness (QED) is 0.130. The van der Waals surface area contributed by atoms with Gasteiger partial charge in [-0.1, -0.05) is 132 Å². The molecule has 2 unspecified atom stereocenters. The van der Waals surface area contributed by atoms with Crippen molar-refractivity contribution in [3.8, 4) is 0 Å². The van der Waals surface area contributed by atoms with Gasteiger partial charge in [0.15, 0.2) is 0 Å². The van der Waals surface area contributed by atoms with Crippen molar-refractivity contribution in [3.05, 3.63) is 0 Å². The first-order chi connectivity index (χ1) is 14.5. The standard InChI is InChI=1S/C27H56BrNO.BrH/c1-26(30)22-20-18-16-14-12-10-8-6-4-5-7-9-11-13-15-17-19-21-23-27(28)24-25-29(2)3;/h26-27,30H,4-25H2,1-3H3;1H. The van der Waals surface area contributed by atoms with Crippen LogP contribution < -0.4 is 21.9 Å². The van der Waals surface area contributed by atoms with Crippen molar-refractivity contribution in [1.29, 1.82) is 0 Å². The fraction of sp³-hybridized carbons (Fsp3) is 1.00. The van der Waals surface area contributed by atoms with Crippen LogP contribution in [0.2, 0.25) is 0 Å². The second-order valence-electron chi connectivity index (χ2n) is 10.1. The molecule has 0 radical (unpaired) electrons. The fourth-order valence-electron chi connectivity index (χ4n) is 4.22. The molecule has 0 aliphatic carbocycles. The number of halogens is 2. The third kappa shape index (κ3) is 30.9. The Balaban J connectivity index is 0. The summed E-state index contributed by atoms with van der Waals surface area (Å²) in [7, 11) is 4.49. The number of nitrogens with one attached hydrogen (secondary N) is 1. The molecule has 0 saturated carbocycles. The van der Waals surface area contributed by atoms with Gasteiger partial charge in [0.1, 0.15) is 0 Å². The average molecular weight is 572 g/mol. The molecule has 4 heteroatoms. The summed E-state index contributed by atoms with van der Waals surface area (Å²) in [6.07, 6.45) is 29.0. The summed E-state index contributed by atoms with van der Waals surface area (Å²) >= 11 is 3.84. The summed E-state index contributed by atoms with van der Waals surface area (Å²) in [5.41, 5.74) is 0. The Bertz CT molecular complexity index is 326. The Morgan fingerprint density at radius 3 is 1.13 bits per heavy atom. The summed E-state index contributed by atoms with van der Waals surface area (Å²) in [6, 6.07) is 0. The predicted octanol–water partition coefficient (Wildman–Crippen LogP) is 4.47. The van der Waals surface area contributed by atoms with Gasteiger partial charge < -0.3 is 27.0 Å². The SMILES string of the molecule is CC(O)CCCCCCCCCCCCCCCCCCCCC(Br)CC[NH+](C)C.[Br-]. The van der Waals surface area contributed by atoms with Crippen LogP contribution in [-0.4, -0.2) is 36.7 Å². The normalized spacial score (nSPS) is 13.4. The zero-order valence-corrected chi connectivity index (χ0v) is 24.6. The molecule has 0 aromatic carbocycles. The van der Waals surface area contributed by atoms with Crippen LogP contribution in [0.1, 0.15) is 142 Å². The lowest BCUT2D eigenvalue weighted by Crippen LogP contribution is -3.05. The molecule has 0 saturated heterocycles. The van der Waals surface area contributed by atoms with Crippen LogP contribution in [0, 0.1) is 0 Å². The van der Waals surface area contributed by atoms with Crippen LogP contribution in [0.4, 0.5) is 0 Å². The van der Waals surface area contributed by atoms with Gasteiger partial charge in [-0.2, -0.15) is 0 Å². The van der Waals surface area contributed by atoms with Crippen molar-refractivity contribution in [2.45, 2.75) is 153 Å². The number of unbranched alkanes of at least 4 members (excludes halogenated alkanes) is 17. The molecule has 2 N–H and O–H groups in total. The van der Waals surface area contributed by atoms with Gasteiger partial charge in [0.2, 0.25) is 0 Å². The second-order valence-corrected chi connectivity index (χ2v) is 11.4. The van der Waals surface area contributed by atoms with E-state index in [9.17, 15) is 5.11 Å². The molecule has 0 aromatic heterocycles. The third-order valence-electron chi connectivity index (χ3n) is 6.35. The Morgan fingerprint density at radius 1 is 0.548 bits per heavy atom. The highest BCUT2D eigenvalue weighted by Crippen LogP contribution is 2.17. The molecule has 0 amide bonds. The second kappa shape index (κ2) is 27.1. The largest absolute Gasteiger partial charge is 1.00 e. The van der Waals surface area contributed by atoms with Crippen molar-refractivity contribution in [2.24, 2.45) is 0 Å². The molecule has 0 aromatic rings. The van der Waals surface area contributed by atoms with E-state index in [-0.39, 0.29) is 23.1 Å². The van der Waals surface area contributed by atoms with E-state index < -0.39 is 0 Å². The van der Waals surface area contributed by atoms with Gasteiger partial charge in [-0.15, -0.1) is 0 Å². The topological polar surface area (TPSA) is 24.7 Å². The highest BCUT2D eigenvalue weighted by molar-refractivity contribution is 9.09. The average Bonchev–Trinajstić information content (AvgIpc) is 2.70. The Morgan fingerprint density at radius 2 is 0.839 bits per heavy atom. The minimum atomic E-state index is -0.106. The number of alkyl halides is 1. The monoisotopic (exact) mass is 569 g/mol. The molecule has 31 heavy (non-hydrogen) atoms. The summed E-state index contributed by atoms with van der Waals surface area (Å²) in [5.74, 6) is 0. The van der Waals surface area contributed by atoms with Crippen molar-refractivity contribution < 1.29 is 27.0 Å². The maximum Gasteiger partial charge on any atom is 0.0777 e. The first-order valence-electron chi connectivity index (χ1n) is 13.6. The van der Waals surface area contributed by atoms with Gasteiger partial charge in [0.05, 0.1) is 26.7 Å². The number of hydrogen-bond donors (Lipinski definition) is 2. The van der Waals surface area contributed by atoms with Gasteiger partial charge in [-0.05, 0) is 19.8 Å². The minimum Gasteiger partial charge on any atom is -1.00 e. The van der Waals surface area contributed by atoms with E-state index in [1.165, 1.54) is 135 Å². The molecule has 0 rings (SSSR count). The summed E-state index contributed by atoms with van der Waals surface area (Å²) < 4.78 is 0. The van der Waals surface area contributed by atoms with E-state index in [0.29, 0.717) is 0 Å². The van der Waals surface area contributed by atoms with Crippen molar-refractivity contribution >= 4 is 15.9 Å². The number of aliphatic hydroxyl groups excluding tert-OH is 1. The van der Waals surface area contributed by atoms with E-state index in [1.807, 2.05) is 6.92 Å². The molecule has 0 aliphatic rings. The minimum absolute atomic E-state index is 0. The Kier molecular flexibility index (Phi) is 29.8. The lowest BCUT2D eigenvalue weighted by atomic mass is 10.0. The molecule has 190 valence electrons. The van der Waals surface area contributed by atoms with E-state index in [1.54, 1.807) is 4.90 Å². The van der Waals surface area contributed by atoms with Crippen molar-refractivity contribution in [3.63, 3.8) is 0 Å². The fourth-order valence-corrected chi connectivity index (χ4v) is 4.78. The van der Waals surface area contributed by atoms with Gasteiger partial charge in [0, 0.05) is 11.2 Å². The highest BCUT2D eigenvalue weighted by atomic mass is 79.9. The van der Waals surface area contributed by atoms with E-state index in [4.69, 9.17) is 0 Å². The summed E-state index contributed by atoms with van der Waals surface area (Å²) in [6.45, 7) is 3.18. The molecular weight excluding hydrogens is 514 g/mol. The zero-order valence-electron chi connectivity index (χ0n) is 21.4. The first kappa shape index (κ1) is 34.0. The zero-order chi connectivity index (χ0) is 22.3. The Labute approximate surface area is 215 Å². The first-order valence-corrected chi connectivity index (χ1v) is 14.5. The number of hydrogen-bond acceptors (Lipinski definition) is 1. The molecular formula is C27H57Br2NO. The Hall–Kier alpha value is 0.880. The molecule has 0 fully saturated rings. The number of rotatable bonds is 24. The summed E-state index contributed by atoms with van der Waals surface area (Å²) in [4.78, 5) is 2.30. The molecule has 2 atom stereocenters. The smallest absolute Gasteiger partial charge is 0.0777 e. The number of aliphatic hydroxyl groups is 1. The molecule has 0 spiro atoms. The lowest BCUT2D eigenvalue weighted by molar-refractivity contribution is -0.858. The third-order valence-corrected chi connectivity index (χ3v) is 7.26. The van der Waals surface area contributed by atoms with Crippen molar-refractivity contribution in [2.75, 3.05) is 20.6 Å². The van der Waals surface area contributed by atoms with Crippen LogP contribution >= 0.6 is 15.9 Å². The maximum absolute atomic E-state index is 9.24. The van der Waals surface area contributed by atoms with Gasteiger partial charge in [-0.25, -0.2) is 0 Å². The predicted molar refractivity (Wildman–Crippen MR) is 139 cm³/mol. The molecule has 0 heterocycles. The highest BCUT2D eigenvalue weighted by Gasteiger charge is 2.05. The number of quaternary nitrogens is 1. The van der Waals surface area contributed by atoms with E-state index in [0.717, 1.165) is 11.2 Å². The van der Waals surface area contributed by atoms with Gasteiger partial charge in [0.25, 0.3) is 0 Å². The van der Waals surface area contributed by atoms with Crippen molar-refractivity contribution in [1.82, 2.24) is 0 Å². The van der Waals surface area contributed by atoms with E-state index >= 15 is 0 Å². The van der Waals surface area contributed by atoms with Crippen LogP contribution in [0.25, 0.3) is 0 Å². The van der Waals surface area contributed by atoms with Crippen LogP contribution in [0.5, 0.6) is 0 Å². The van der Waals surface area contributed by atoms with Gasteiger partial charge in [-0.3, -0.25) is 0 Å². The van der Waals surface area contributed by atoms with Crippen LogP contribution in [-0.2, 0) is 0 Å². The molecule has 0 bridgehead atoms. The van der Waals surface area contributed by atoms with Crippen LogP contribution in [0.15, 0.2) is 0 Å².